The summed E-state index contributed by atoms with van der Waals surface area (Å²) in [6, 6.07) is 3.27. The number of likely N-dealkylation sites (tertiary alicyclic amines) is 1. The zero-order chi connectivity index (χ0) is 17.4. The molecule has 0 radical (unpaired) electrons. The van der Waals surface area contributed by atoms with Crippen LogP contribution >= 0.6 is 11.3 Å². The minimum atomic E-state index is -0.366. The van der Waals surface area contributed by atoms with Crippen molar-refractivity contribution in [2.45, 2.75) is 44.6 Å². The Kier molecular flexibility index (Phi) is 7.24. The van der Waals surface area contributed by atoms with Crippen LogP contribution in [0.15, 0.2) is 17.5 Å². The van der Waals surface area contributed by atoms with Crippen molar-refractivity contribution in [2.24, 2.45) is 0 Å². The molecule has 1 atom stereocenters. The molecule has 2 rings (SSSR count). The highest BCUT2D eigenvalue weighted by molar-refractivity contribution is 7.12. The molecule has 1 aliphatic heterocycles. The summed E-state index contributed by atoms with van der Waals surface area (Å²) < 4.78 is 4.58. The standard InChI is InChI=1S/C17H24N2O4S/c1-23-15(20)9-3-2-4-10-18-16(21)13-7-5-11-19(13)17(22)14-8-6-12-24-14/h6,8,12-13H,2-5,7,9-11H2,1H3,(H,18,21). The normalized spacial score (nSPS) is 16.9. The molecule has 0 aliphatic carbocycles. The average Bonchev–Trinajstić information content (AvgIpc) is 3.28. The number of esters is 1. The van der Waals surface area contributed by atoms with Gasteiger partial charge in [-0.3, -0.25) is 14.4 Å². The van der Waals surface area contributed by atoms with Crippen molar-refractivity contribution in [3.05, 3.63) is 22.4 Å². The minimum absolute atomic E-state index is 0.0549. The Bertz CT molecular complexity index is 559. The third-order valence-corrected chi connectivity index (χ3v) is 4.99. The van der Waals surface area contributed by atoms with Crippen molar-refractivity contribution in [3.8, 4) is 0 Å². The summed E-state index contributed by atoms with van der Waals surface area (Å²) in [6.45, 7) is 1.20. The first-order chi connectivity index (χ1) is 11.6. The maximum atomic E-state index is 12.4. The topological polar surface area (TPSA) is 75.7 Å². The molecule has 132 valence electrons. The number of unbranched alkanes of at least 4 members (excludes halogenated alkanes) is 2. The van der Waals surface area contributed by atoms with Gasteiger partial charge in [0.15, 0.2) is 0 Å². The molecule has 0 saturated carbocycles. The first kappa shape index (κ1) is 18.4. The van der Waals surface area contributed by atoms with E-state index in [4.69, 9.17) is 0 Å². The number of rotatable bonds is 8. The molecule has 1 N–H and O–H groups in total. The molecule has 6 nitrogen and oxygen atoms in total. The SMILES string of the molecule is COC(=O)CCCCCNC(=O)C1CCCN1C(=O)c1cccs1. The van der Waals surface area contributed by atoms with Crippen molar-refractivity contribution in [1.29, 1.82) is 0 Å². The summed E-state index contributed by atoms with van der Waals surface area (Å²) in [6.07, 6.45) is 4.41. The van der Waals surface area contributed by atoms with Gasteiger partial charge in [0.1, 0.15) is 6.04 Å². The molecule has 1 aliphatic rings. The molecule has 0 aromatic carbocycles. The van der Waals surface area contributed by atoms with Crippen LogP contribution in [0.25, 0.3) is 0 Å². The molecule has 1 aromatic rings. The van der Waals surface area contributed by atoms with Gasteiger partial charge in [-0.1, -0.05) is 12.5 Å². The van der Waals surface area contributed by atoms with Gasteiger partial charge in [-0.25, -0.2) is 0 Å². The number of nitrogens with one attached hydrogen (secondary N) is 1. The maximum absolute atomic E-state index is 12.4. The Morgan fingerprint density at radius 2 is 2.17 bits per heavy atom. The molecule has 2 amide bonds. The fourth-order valence-electron chi connectivity index (χ4n) is 2.83. The number of methoxy groups -OCH3 is 1. The zero-order valence-corrected chi connectivity index (χ0v) is 14.8. The second-order valence-electron chi connectivity index (χ2n) is 5.81. The van der Waals surface area contributed by atoms with Gasteiger partial charge < -0.3 is 15.0 Å². The summed E-state index contributed by atoms with van der Waals surface area (Å²) in [5.41, 5.74) is 0. The number of hydrogen-bond donors (Lipinski definition) is 1. The van der Waals surface area contributed by atoms with E-state index >= 15 is 0 Å². The van der Waals surface area contributed by atoms with Gasteiger partial charge in [-0.15, -0.1) is 11.3 Å². The number of nitrogens with zero attached hydrogens (tertiary/aromatic N) is 1. The van der Waals surface area contributed by atoms with Crippen molar-refractivity contribution in [1.82, 2.24) is 10.2 Å². The van der Waals surface area contributed by atoms with E-state index in [0.29, 0.717) is 30.8 Å². The maximum Gasteiger partial charge on any atom is 0.305 e. The van der Waals surface area contributed by atoms with E-state index in [1.165, 1.54) is 18.4 Å². The van der Waals surface area contributed by atoms with Crippen molar-refractivity contribution >= 4 is 29.1 Å². The van der Waals surface area contributed by atoms with E-state index in [0.717, 1.165) is 25.7 Å². The van der Waals surface area contributed by atoms with Crippen LogP contribution in [0.4, 0.5) is 0 Å². The second-order valence-corrected chi connectivity index (χ2v) is 6.76. The van der Waals surface area contributed by atoms with Crippen LogP contribution in [-0.4, -0.2) is 48.9 Å². The fraction of sp³-hybridized carbons (Fsp3) is 0.588. The second kappa shape index (κ2) is 9.42. The number of carbonyl (C=O) groups excluding carboxylic acids is 3. The largest absolute Gasteiger partial charge is 0.469 e. The van der Waals surface area contributed by atoms with Crippen molar-refractivity contribution in [3.63, 3.8) is 0 Å². The number of amides is 2. The molecule has 1 unspecified atom stereocenters. The molecule has 24 heavy (non-hydrogen) atoms. The van der Waals surface area contributed by atoms with Crippen LogP contribution in [0.1, 0.15) is 48.2 Å². The average molecular weight is 352 g/mol. The van der Waals surface area contributed by atoms with Gasteiger partial charge in [0.05, 0.1) is 12.0 Å². The Hall–Kier alpha value is -1.89. The Morgan fingerprint density at radius 1 is 1.33 bits per heavy atom. The van der Waals surface area contributed by atoms with Crippen LogP contribution in [0.2, 0.25) is 0 Å². The van der Waals surface area contributed by atoms with Crippen molar-refractivity contribution in [2.75, 3.05) is 20.2 Å². The molecule has 1 saturated heterocycles. The van der Waals surface area contributed by atoms with E-state index in [1.807, 2.05) is 11.4 Å². The van der Waals surface area contributed by atoms with Gasteiger partial charge in [0, 0.05) is 19.5 Å². The van der Waals surface area contributed by atoms with E-state index in [-0.39, 0.29) is 23.8 Å². The van der Waals surface area contributed by atoms with Gasteiger partial charge in [0.25, 0.3) is 5.91 Å². The summed E-state index contributed by atoms with van der Waals surface area (Å²) in [7, 11) is 1.38. The molecule has 7 heteroatoms. The van der Waals surface area contributed by atoms with Gasteiger partial charge in [-0.2, -0.15) is 0 Å². The lowest BCUT2D eigenvalue weighted by Gasteiger charge is -2.23. The summed E-state index contributed by atoms with van der Waals surface area (Å²) in [4.78, 5) is 38.1. The summed E-state index contributed by atoms with van der Waals surface area (Å²) in [5, 5.41) is 4.78. The quantitative estimate of drug-likeness (QED) is 0.575. The highest BCUT2D eigenvalue weighted by atomic mass is 32.1. The number of carbonyl (C=O) groups is 3. The van der Waals surface area contributed by atoms with E-state index in [1.54, 1.807) is 11.0 Å². The van der Waals surface area contributed by atoms with Gasteiger partial charge in [-0.05, 0) is 37.1 Å². The van der Waals surface area contributed by atoms with Crippen LogP contribution in [0.3, 0.4) is 0 Å². The van der Waals surface area contributed by atoms with Gasteiger partial charge in [0.2, 0.25) is 5.91 Å². The Labute approximate surface area is 146 Å². The number of ether oxygens (including phenoxy) is 1. The van der Waals surface area contributed by atoms with Gasteiger partial charge >= 0.3 is 5.97 Å². The van der Waals surface area contributed by atoms with Crippen LogP contribution in [0, 0.1) is 0 Å². The zero-order valence-electron chi connectivity index (χ0n) is 14.0. The first-order valence-corrected chi connectivity index (χ1v) is 9.20. The van der Waals surface area contributed by atoms with E-state index < -0.39 is 0 Å². The predicted octanol–water partition coefficient (Wildman–Crippen LogP) is 2.20. The third kappa shape index (κ3) is 5.06. The fourth-order valence-corrected chi connectivity index (χ4v) is 3.51. The monoisotopic (exact) mass is 352 g/mol. The van der Waals surface area contributed by atoms with Crippen LogP contribution in [-0.2, 0) is 14.3 Å². The smallest absolute Gasteiger partial charge is 0.305 e. The van der Waals surface area contributed by atoms with Crippen LogP contribution < -0.4 is 5.32 Å². The lowest BCUT2D eigenvalue weighted by atomic mass is 10.1. The lowest BCUT2D eigenvalue weighted by molar-refractivity contribution is -0.140. The highest BCUT2D eigenvalue weighted by Gasteiger charge is 2.34. The molecular weight excluding hydrogens is 328 g/mol. The molecular formula is C17H24N2O4S. The summed E-state index contributed by atoms with van der Waals surface area (Å²) in [5.74, 6) is -0.334. The molecule has 0 bridgehead atoms. The lowest BCUT2D eigenvalue weighted by Crippen LogP contribution is -2.46. The molecule has 2 heterocycles. The van der Waals surface area contributed by atoms with E-state index in [9.17, 15) is 14.4 Å². The molecule has 0 spiro atoms. The third-order valence-electron chi connectivity index (χ3n) is 4.13. The van der Waals surface area contributed by atoms with E-state index in [2.05, 4.69) is 10.1 Å². The Balaban J connectivity index is 1.71. The predicted molar refractivity (Wildman–Crippen MR) is 91.9 cm³/mol. The molecule has 1 aromatic heterocycles. The highest BCUT2D eigenvalue weighted by Crippen LogP contribution is 2.22. The van der Waals surface area contributed by atoms with Crippen LogP contribution in [0.5, 0.6) is 0 Å². The van der Waals surface area contributed by atoms with Crippen molar-refractivity contribution < 1.29 is 19.1 Å². The first-order valence-electron chi connectivity index (χ1n) is 8.32. The minimum Gasteiger partial charge on any atom is -0.469 e. The summed E-state index contributed by atoms with van der Waals surface area (Å²) >= 11 is 1.40. The molecule has 1 fully saturated rings. The number of thiophene rings is 1. The number of hydrogen-bond acceptors (Lipinski definition) is 5. The Morgan fingerprint density at radius 3 is 2.88 bits per heavy atom.